The summed E-state index contributed by atoms with van der Waals surface area (Å²) in [6.45, 7) is 2.01. The van der Waals surface area contributed by atoms with Crippen LogP contribution in [0.5, 0.6) is 0 Å². The molecule has 106 valence electrons. The zero-order valence-corrected chi connectivity index (χ0v) is 12.3. The molecule has 8 heteroatoms. The molecule has 1 saturated heterocycles. The van der Waals surface area contributed by atoms with Crippen molar-refractivity contribution in [3.8, 4) is 0 Å². The number of nitrogens with one attached hydrogen (secondary N) is 1. The smallest absolute Gasteiger partial charge is 0.281 e. The Morgan fingerprint density at radius 1 is 1.20 bits per heavy atom. The molecular formula is C12H14N4O2S2. The molecule has 3 heterocycles. The molecule has 2 aromatic rings. The Balaban J connectivity index is 1.79. The Hall–Kier alpha value is -1.67. The highest BCUT2D eigenvalue weighted by molar-refractivity contribution is 7.92. The average Bonchev–Trinajstić information content (AvgIpc) is 3.11. The van der Waals surface area contributed by atoms with Crippen LogP contribution in [0.25, 0.3) is 0 Å². The molecule has 20 heavy (non-hydrogen) atoms. The maximum atomic E-state index is 12.1. The molecule has 0 bridgehead atoms. The number of pyridine rings is 1. The summed E-state index contributed by atoms with van der Waals surface area (Å²) in [7, 11) is -3.66. The van der Waals surface area contributed by atoms with Crippen LogP contribution in [0.3, 0.4) is 0 Å². The van der Waals surface area contributed by atoms with Crippen LogP contribution in [-0.2, 0) is 10.0 Å². The molecule has 0 aliphatic carbocycles. The minimum absolute atomic E-state index is 0.00986. The minimum atomic E-state index is -3.66. The lowest BCUT2D eigenvalue weighted by molar-refractivity contribution is 0.597. The lowest BCUT2D eigenvalue weighted by atomic mass is 10.4. The normalized spacial score (nSPS) is 15.5. The summed E-state index contributed by atoms with van der Waals surface area (Å²) >= 11 is 1.23. The van der Waals surface area contributed by atoms with Crippen molar-refractivity contribution in [2.45, 2.75) is 17.9 Å². The second-order valence-electron chi connectivity index (χ2n) is 4.49. The molecule has 0 amide bonds. The van der Waals surface area contributed by atoms with E-state index in [1.165, 1.54) is 30.2 Å². The van der Waals surface area contributed by atoms with Crippen LogP contribution in [0.1, 0.15) is 12.8 Å². The Kier molecular flexibility index (Phi) is 3.58. The van der Waals surface area contributed by atoms with Gasteiger partial charge in [-0.05, 0) is 25.0 Å². The zero-order valence-electron chi connectivity index (χ0n) is 10.7. The van der Waals surface area contributed by atoms with Crippen LogP contribution in [0.4, 0.5) is 10.8 Å². The van der Waals surface area contributed by atoms with E-state index in [4.69, 9.17) is 0 Å². The van der Waals surface area contributed by atoms with Crippen LogP contribution in [-0.4, -0.2) is 31.5 Å². The number of hydrogen-bond acceptors (Lipinski definition) is 6. The zero-order chi connectivity index (χ0) is 14.0. The predicted octanol–water partition coefficient (Wildman–Crippen LogP) is 1.94. The average molecular weight is 310 g/mol. The van der Waals surface area contributed by atoms with E-state index in [1.807, 2.05) is 0 Å². The van der Waals surface area contributed by atoms with Gasteiger partial charge in [0.05, 0.1) is 11.9 Å². The first kappa shape index (κ1) is 13.3. The first-order valence-electron chi connectivity index (χ1n) is 6.28. The molecule has 1 aliphatic heterocycles. The molecule has 6 nitrogen and oxygen atoms in total. The Morgan fingerprint density at radius 3 is 2.60 bits per heavy atom. The number of thiazole rings is 1. The maximum Gasteiger partial charge on any atom is 0.281 e. The molecule has 1 aliphatic rings. The molecule has 2 aromatic heterocycles. The van der Waals surface area contributed by atoms with Gasteiger partial charge in [-0.15, -0.1) is 11.3 Å². The highest BCUT2D eigenvalue weighted by Crippen LogP contribution is 2.21. The monoisotopic (exact) mass is 310 g/mol. The molecular weight excluding hydrogens is 296 g/mol. The SMILES string of the molecule is O=S(=O)(Nc1nccs1)c1ccc(N2CCCC2)cn1. The fraction of sp³-hybridized carbons (Fsp3) is 0.333. The third kappa shape index (κ3) is 2.75. The van der Waals surface area contributed by atoms with Crippen molar-refractivity contribution in [1.29, 1.82) is 0 Å². The van der Waals surface area contributed by atoms with Gasteiger partial charge in [0.15, 0.2) is 10.2 Å². The Morgan fingerprint density at radius 2 is 2.00 bits per heavy atom. The molecule has 0 radical (unpaired) electrons. The van der Waals surface area contributed by atoms with E-state index in [0.29, 0.717) is 5.13 Å². The van der Waals surface area contributed by atoms with Crippen molar-refractivity contribution in [1.82, 2.24) is 9.97 Å². The number of aromatic nitrogens is 2. The molecule has 1 N–H and O–H groups in total. The van der Waals surface area contributed by atoms with Crippen molar-refractivity contribution < 1.29 is 8.42 Å². The van der Waals surface area contributed by atoms with E-state index in [2.05, 4.69) is 19.6 Å². The van der Waals surface area contributed by atoms with Gasteiger partial charge in [-0.3, -0.25) is 4.72 Å². The van der Waals surface area contributed by atoms with E-state index < -0.39 is 10.0 Å². The molecule has 0 aromatic carbocycles. The largest absolute Gasteiger partial charge is 0.370 e. The van der Waals surface area contributed by atoms with Crippen LogP contribution in [0, 0.1) is 0 Å². The summed E-state index contributed by atoms with van der Waals surface area (Å²) in [6, 6.07) is 3.33. The highest BCUT2D eigenvalue weighted by atomic mass is 32.2. The van der Waals surface area contributed by atoms with Gasteiger partial charge in [-0.25, -0.2) is 9.97 Å². The summed E-state index contributed by atoms with van der Waals surface area (Å²) in [4.78, 5) is 10.2. The van der Waals surface area contributed by atoms with Crippen LogP contribution in [0.2, 0.25) is 0 Å². The van der Waals surface area contributed by atoms with Crippen LogP contribution >= 0.6 is 11.3 Å². The Bertz CT molecular complexity index is 662. The Labute approximate surface area is 121 Å². The number of rotatable bonds is 4. The van der Waals surface area contributed by atoms with Crippen LogP contribution < -0.4 is 9.62 Å². The second kappa shape index (κ2) is 5.37. The molecule has 0 atom stereocenters. The van der Waals surface area contributed by atoms with E-state index in [-0.39, 0.29) is 5.03 Å². The van der Waals surface area contributed by atoms with Crippen molar-refractivity contribution >= 4 is 32.2 Å². The number of anilines is 2. The van der Waals surface area contributed by atoms with E-state index >= 15 is 0 Å². The topological polar surface area (TPSA) is 75.2 Å². The molecule has 0 spiro atoms. The quantitative estimate of drug-likeness (QED) is 0.934. The second-order valence-corrected chi connectivity index (χ2v) is 7.02. The highest BCUT2D eigenvalue weighted by Gasteiger charge is 2.18. The lowest BCUT2D eigenvalue weighted by Crippen LogP contribution is -2.19. The van der Waals surface area contributed by atoms with Crippen molar-refractivity contribution in [2.75, 3.05) is 22.7 Å². The summed E-state index contributed by atoms with van der Waals surface area (Å²) in [5.41, 5.74) is 0.968. The van der Waals surface area contributed by atoms with Crippen molar-refractivity contribution in [3.63, 3.8) is 0 Å². The summed E-state index contributed by atoms with van der Waals surface area (Å²) in [5, 5.41) is 2.06. The van der Waals surface area contributed by atoms with E-state index in [9.17, 15) is 8.42 Å². The summed E-state index contributed by atoms with van der Waals surface area (Å²) in [6.07, 6.45) is 5.51. The number of hydrogen-bond donors (Lipinski definition) is 1. The minimum Gasteiger partial charge on any atom is -0.370 e. The first-order chi connectivity index (χ1) is 9.65. The van der Waals surface area contributed by atoms with Crippen molar-refractivity contribution in [3.05, 3.63) is 29.9 Å². The van der Waals surface area contributed by atoms with E-state index in [1.54, 1.807) is 23.8 Å². The van der Waals surface area contributed by atoms with E-state index in [0.717, 1.165) is 18.8 Å². The van der Waals surface area contributed by atoms with Gasteiger partial charge < -0.3 is 4.90 Å². The number of sulfonamides is 1. The molecule has 0 unspecified atom stereocenters. The van der Waals surface area contributed by atoms with Crippen LogP contribution in [0.15, 0.2) is 34.9 Å². The standard InChI is InChI=1S/C12H14N4O2S2/c17-20(18,15-12-13-5-8-19-12)11-4-3-10(9-14-11)16-6-1-2-7-16/h3-5,8-9H,1-2,6-7H2,(H,13,15). The fourth-order valence-electron chi connectivity index (χ4n) is 2.13. The summed E-state index contributed by atoms with van der Waals surface area (Å²) < 4.78 is 26.6. The van der Waals surface area contributed by atoms with Crippen molar-refractivity contribution in [2.24, 2.45) is 0 Å². The molecule has 1 fully saturated rings. The van der Waals surface area contributed by atoms with Gasteiger partial charge in [-0.1, -0.05) is 0 Å². The van der Waals surface area contributed by atoms with Gasteiger partial charge in [0.2, 0.25) is 0 Å². The summed E-state index contributed by atoms with van der Waals surface area (Å²) in [5.74, 6) is 0. The third-order valence-electron chi connectivity index (χ3n) is 3.12. The van der Waals surface area contributed by atoms with Gasteiger partial charge >= 0.3 is 0 Å². The molecule has 0 saturated carbocycles. The van der Waals surface area contributed by atoms with Gasteiger partial charge in [-0.2, -0.15) is 8.42 Å². The van der Waals surface area contributed by atoms with Gasteiger partial charge in [0, 0.05) is 24.7 Å². The van der Waals surface area contributed by atoms with Gasteiger partial charge in [0.1, 0.15) is 0 Å². The maximum absolute atomic E-state index is 12.1. The third-order valence-corrected chi connectivity index (χ3v) is 5.19. The number of nitrogens with zero attached hydrogens (tertiary/aromatic N) is 3. The lowest BCUT2D eigenvalue weighted by Gasteiger charge is -2.17. The molecule has 3 rings (SSSR count). The van der Waals surface area contributed by atoms with Gasteiger partial charge in [0.25, 0.3) is 10.0 Å². The predicted molar refractivity (Wildman–Crippen MR) is 78.6 cm³/mol. The first-order valence-corrected chi connectivity index (χ1v) is 8.65. The fourth-order valence-corrected chi connectivity index (χ4v) is 3.85.